The number of sulfonamides is 1. The number of nitriles is 1. The molecule has 114 valence electrons. The molecule has 0 amide bonds. The summed E-state index contributed by atoms with van der Waals surface area (Å²) in [5, 5.41) is 9.84. The van der Waals surface area contributed by atoms with E-state index in [0.717, 1.165) is 5.56 Å². The molecule has 0 heterocycles. The smallest absolute Gasteiger partial charge is 0.211 e. The van der Waals surface area contributed by atoms with E-state index in [-0.39, 0.29) is 11.4 Å². The highest BCUT2D eigenvalue weighted by molar-refractivity contribution is 7.89. The van der Waals surface area contributed by atoms with Gasteiger partial charge in [0.1, 0.15) is 0 Å². The van der Waals surface area contributed by atoms with Crippen molar-refractivity contribution in [1.82, 2.24) is 4.72 Å². The average Bonchev–Trinajstić information content (AvgIpc) is 2.49. The van der Waals surface area contributed by atoms with E-state index in [4.69, 9.17) is 28.5 Å². The minimum Gasteiger partial charge on any atom is -0.211 e. The van der Waals surface area contributed by atoms with Gasteiger partial charge in [0.2, 0.25) is 10.0 Å². The van der Waals surface area contributed by atoms with Crippen LogP contribution in [0.5, 0.6) is 0 Å². The zero-order valence-corrected chi connectivity index (χ0v) is 13.7. The summed E-state index contributed by atoms with van der Waals surface area (Å²) in [4.78, 5) is 0.0637. The predicted molar refractivity (Wildman–Crippen MR) is 86.5 cm³/mol. The molecule has 0 saturated carbocycles. The van der Waals surface area contributed by atoms with Gasteiger partial charge in [-0.1, -0.05) is 35.3 Å². The van der Waals surface area contributed by atoms with Crippen LogP contribution < -0.4 is 4.72 Å². The van der Waals surface area contributed by atoms with Gasteiger partial charge in [-0.15, -0.1) is 0 Å². The lowest BCUT2D eigenvalue weighted by Crippen LogP contribution is -2.26. The lowest BCUT2D eigenvalue weighted by atomic mass is 10.1. The van der Waals surface area contributed by atoms with Gasteiger partial charge in [0, 0.05) is 16.6 Å². The summed E-state index contributed by atoms with van der Waals surface area (Å²) in [6.07, 6.45) is 0.438. The van der Waals surface area contributed by atoms with Crippen molar-refractivity contribution in [3.05, 3.63) is 63.6 Å². The van der Waals surface area contributed by atoms with Crippen LogP contribution in [0.3, 0.4) is 0 Å². The van der Waals surface area contributed by atoms with Gasteiger partial charge in [-0.25, -0.2) is 13.1 Å². The number of nitrogens with one attached hydrogen (secondary N) is 1. The molecule has 0 aromatic heterocycles. The third-order valence-corrected chi connectivity index (χ3v) is 5.02. The Balaban J connectivity index is 2.05. The van der Waals surface area contributed by atoms with Crippen molar-refractivity contribution in [3.63, 3.8) is 0 Å². The van der Waals surface area contributed by atoms with E-state index in [1.807, 2.05) is 6.07 Å². The first-order chi connectivity index (χ1) is 10.4. The fourth-order valence-corrected chi connectivity index (χ4v) is 3.44. The maximum absolute atomic E-state index is 12.2. The third-order valence-electron chi connectivity index (χ3n) is 2.97. The Morgan fingerprint density at radius 1 is 1.14 bits per heavy atom. The Hall–Kier alpha value is -1.58. The molecule has 0 aliphatic carbocycles. The Morgan fingerprint density at radius 3 is 2.59 bits per heavy atom. The second-order valence-electron chi connectivity index (χ2n) is 4.52. The summed E-state index contributed by atoms with van der Waals surface area (Å²) < 4.78 is 26.8. The number of halogens is 2. The first kappa shape index (κ1) is 16.8. The average molecular weight is 355 g/mol. The van der Waals surface area contributed by atoms with E-state index in [1.54, 1.807) is 24.3 Å². The molecule has 0 atom stereocenters. The molecule has 7 heteroatoms. The molecule has 1 N–H and O–H groups in total. The van der Waals surface area contributed by atoms with E-state index in [9.17, 15) is 8.42 Å². The summed E-state index contributed by atoms with van der Waals surface area (Å²) in [6.45, 7) is 0.195. The van der Waals surface area contributed by atoms with Gasteiger partial charge in [0.25, 0.3) is 0 Å². The number of rotatable bonds is 5. The highest BCUT2D eigenvalue weighted by Crippen LogP contribution is 2.21. The van der Waals surface area contributed by atoms with E-state index in [2.05, 4.69) is 4.72 Å². The molecule has 0 unspecified atom stereocenters. The molecular weight excluding hydrogens is 343 g/mol. The van der Waals surface area contributed by atoms with Crippen LogP contribution in [0.2, 0.25) is 10.0 Å². The van der Waals surface area contributed by atoms with Crippen LogP contribution >= 0.6 is 23.2 Å². The van der Waals surface area contributed by atoms with E-state index in [0.29, 0.717) is 22.0 Å². The fraction of sp³-hybridized carbons (Fsp3) is 0.133. The Morgan fingerprint density at radius 2 is 1.91 bits per heavy atom. The highest BCUT2D eigenvalue weighted by Gasteiger charge is 2.14. The quantitative estimate of drug-likeness (QED) is 0.894. The monoisotopic (exact) mass is 354 g/mol. The number of nitrogens with zero attached hydrogens (tertiary/aromatic N) is 1. The molecule has 2 aromatic rings. The molecule has 2 aromatic carbocycles. The summed E-state index contributed by atoms with van der Waals surface area (Å²) in [6, 6.07) is 12.8. The van der Waals surface area contributed by atoms with Gasteiger partial charge < -0.3 is 0 Å². The molecule has 0 radical (unpaired) electrons. The van der Waals surface area contributed by atoms with Gasteiger partial charge >= 0.3 is 0 Å². The molecule has 22 heavy (non-hydrogen) atoms. The lowest BCUT2D eigenvalue weighted by Gasteiger charge is -2.08. The number of benzene rings is 2. The van der Waals surface area contributed by atoms with Crippen molar-refractivity contribution < 1.29 is 8.42 Å². The first-order valence-electron chi connectivity index (χ1n) is 6.36. The Bertz CT molecular complexity index is 830. The van der Waals surface area contributed by atoms with Crippen LogP contribution in [-0.4, -0.2) is 15.0 Å². The molecule has 4 nitrogen and oxygen atoms in total. The van der Waals surface area contributed by atoms with Crippen molar-refractivity contribution in [1.29, 1.82) is 5.26 Å². The van der Waals surface area contributed by atoms with Crippen molar-refractivity contribution >= 4 is 33.2 Å². The third kappa shape index (κ3) is 4.21. The van der Waals surface area contributed by atoms with Gasteiger partial charge in [-0.2, -0.15) is 5.26 Å². The zero-order valence-electron chi connectivity index (χ0n) is 11.4. The van der Waals surface area contributed by atoms with Crippen molar-refractivity contribution in [2.45, 2.75) is 11.3 Å². The standard InChI is InChI=1S/C15H12Cl2N2O2S/c16-13-5-4-12(15(17)9-13)6-7-19-22(20,21)14-3-1-2-11(8-14)10-18/h1-5,8-9,19H,6-7H2. The van der Waals surface area contributed by atoms with Crippen LogP contribution in [0.1, 0.15) is 11.1 Å². The van der Waals surface area contributed by atoms with E-state index >= 15 is 0 Å². The van der Waals surface area contributed by atoms with Crippen LogP contribution in [0, 0.1) is 11.3 Å². The maximum atomic E-state index is 12.2. The maximum Gasteiger partial charge on any atom is 0.240 e. The Labute approximate surface area is 139 Å². The molecule has 0 saturated heterocycles. The van der Waals surface area contributed by atoms with Crippen molar-refractivity contribution in [2.75, 3.05) is 6.54 Å². The highest BCUT2D eigenvalue weighted by atomic mass is 35.5. The predicted octanol–water partition coefficient (Wildman–Crippen LogP) is 3.39. The van der Waals surface area contributed by atoms with Crippen LogP contribution in [0.25, 0.3) is 0 Å². The molecule has 0 spiro atoms. The van der Waals surface area contributed by atoms with Gasteiger partial charge in [0.05, 0.1) is 16.5 Å². The van der Waals surface area contributed by atoms with Crippen LogP contribution in [0.15, 0.2) is 47.4 Å². The molecule has 0 aliphatic heterocycles. The zero-order chi connectivity index (χ0) is 16.2. The Kier molecular flexibility index (Phi) is 5.43. The minimum atomic E-state index is -3.65. The molecular formula is C15H12Cl2N2O2S. The van der Waals surface area contributed by atoms with Crippen molar-refractivity contribution in [3.8, 4) is 6.07 Å². The molecule has 0 aliphatic rings. The lowest BCUT2D eigenvalue weighted by molar-refractivity contribution is 0.581. The number of hydrogen-bond donors (Lipinski definition) is 1. The first-order valence-corrected chi connectivity index (χ1v) is 8.60. The second-order valence-corrected chi connectivity index (χ2v) is 7.13. The molecule has 0 fully saturated rings. The summed E-state index contributed by atoms with van der Waals surface area (Å²) in [7, 11) is -3.65. The molecule has 2 rings (SSSR count). The molecule has 0 bridgehead atoms. The summed E-state index contributed by atoms with van der Waals surface area (Å²) in [5.74, 6) is 0. The SMILES string of the molecule is N#Cc1cccc(S(=O)(=O)NCCc2ccc(Cl)cc2Cl)c1. The van der Waals surface area contributed by atoms with Crippen molar-refractivity contribution in [2.24, 2.45) is 0 Å². The van der Waals surface area contributed by atoms with E-state index < -0.39 is 10.0 Å². The normalized spacial score (nSPS) is 11.1. The van der Waals surface area contributed by atoms with Crippen LogP contribution in [-0.2, 0) is 16.4 Å². The van der Waals surface area contributed by atoms with Gasteiger partial charge in [-0.05, 0) is 42.3 Å². The summed E-state index contributed by atoms with van der Waals surface area (Å²) >= 11 is 11.8. The minimum absolute atomic E-state index is 0.0637. The number of hydrogen-bond acceptors (Lipinski definition) is 3. The largest absolute Gasteiger partial charge is 0.240 e. The van der Waals surface area contributed by atoms with Gasteiger partial charge in [0.15, 0.2) is 0 Å². The topological polar surface area (TPSA) is 70.0 Å². The summed E-state index contributed by atoms with van der Waals surface area (Å²) in [5.41, 5.74) is 1.10. The van der Waals surface area contributed by atoms with Crippen LogP contribution in [0.4, 0.5) is 0 Å². The fourth-order valence-electron chi connectivity index (χ4n) is 1.86. The van der Waals surface area contributed by atoms with E-state index in [1.165, 1.54) is 18.2 Å². The van der Waals surface area contributed by atoms with Gasteiger partial charge in [-0.3, -0.25) is 0 Å². The second kappa shape index (κ2) is 7.12.